The van der Waals surface area contributed by atoms with Crippen LogP contribution < -0.4 is 5.32 Å². The molecule has 19 heavy (non-hydrogen) atoms. The largest absolute Gasteiger partial charge is 0.467 e. The highest BCUT2D eigenvalue weighted by Gasteiger charge is 2.26. The van der Waals surface area contributed by atoms with E-state index < -0.39 is 23.7 Å². The molecule has 0 fully saturated rings. The van der Waals surface area contributed by atoms with E-state index in [0.29, 0.717) is 5.56 Å². The van der Waals surface area contributed by atoms with Gasteiger partial charge >= 0.3 is 12.1 Å². The molecule has 1 heterocycles. The van der Waals surface area contributed by atoms with Gasteiger partial charge in [0, 0.05) is 18.0 Å². The Kier molecular flexibility index (Phi) is 4.86. The molecule has 0 aliphatic rings. The molecular formula is C13H18N2O4. The number of esters is 1. The number of ether oxygens (including phenoxy) is 2. The van der Waals surface area contributed by atoms with Crippen LogP contribution in [0.4, 0.5) is 4.79 Å². The molecule has 0 aliphatic heterocycles. The smallest absolute Gasteiger partial charge is 0.408 e. The van der Waals surface area contributed by atoms with Crippen LogP contribution >= 0.6 is 0 Å². The molecule has 1 aromatic heterocycles. The second-order valence-corrected chi connectivity index (χ2v) is 4.89. The number of amides is 1. The second-order valence-electron chi connectivity index (χ2n) is 4.89. The fraction of sp³-hybridized carbons (Fsp3) is 0.462. The van der Waals surface area contributed by atoms with Gasteiger partial charge in [-0.1, -0.05) is 6.07 Å². The van der Waals surface area contributed by atoms with Crippen LogP contribution in [0.25, 0.3) is 0 Å². The van der Waals surface area contributed by atoms with Crippen LogP contribution in [-0.2, 0) is 14.3 Å². The Labute approximate surface area is 112 Å². The molecule has 0 saturated carbocycles. The van der Waals surface area contributed by atoms with Crippen LogP contribution in [-0.4, -0.2) is 29.8 Å². The van der Waals surface area contributed by atoms with Crippen LogP contribution in [0.5, 0.6) is 0 Å². The van der Waals surface area contributed by atoms with Gasteiger partial charge in [0.1, 0.15) is 5.60 Å². The molecule has 0 saturated heterocycles. The van der Waals surface area contributed by atoms with Crippen molar-refractivity contribution >= 4 is 12.1 Å². The fourth-order valence-corrected chi connectivity index (χ4v) is 1.37. The Morgan fingerprint density at radius 3 is 2.53 bits per heavy atom. The van der Waals surface area contributed by atoms with Gasteiger partial charge in [0.25, 0.3) is 0 Å². The van der Waals surface area contributed by atoms with E-state index >= 15 is 0 Å². The van der Waals surface area contributed by atoms with Crippen molar-refractivity contribution < 1.29 is 19.1 Å². The number of nitrogens with one attached hydrogen (secondary N) is 1. The highest BCUT2D eigenvalue weighted by atomic mass is 16.6. The zero-order chi connectivity index (χ0) is 14.5. The zero-order valence-electron chi connectivity index (χ0n) is 11.5. The SMILES string of the molecule is COC(=O)C(NC(=O)OC(C)(C)C)c1cccnc1. The maximum atomic E-state index is 11.7. The number of carbonyl (C=O) groups is 2. The topological polar surface area (TPSA) is 77.5 Å². The number of pyridine rings is 1. The molecule has 0 aromatic carbocycles. The van der Waals surface area contributed by atoms with Gasteiger partial charge in [-0.3, -0.25) is 4.98 Å². The van der Waals surface area contributed by atoms with Gasteiger partial charge in [0.15, 0.2) is 6.04 Å². The van der Waals surface area contributed by atoms with Gasteiger partial charge in [-0.25, -0.2) is 9.59 Å². The standard InChI is InChI=1S/C13H18N2O4/c1-13(2,3)19-12(17)15-10(11(16)18-4)9-6-5-7-14-8-9/h5-8,10H,1-4H3,(H,15,17). The van der Waals surface area contributed by atoms with Crippen molar-refractivity contribution in [3.8, 4) is 0 Å². The molecule has 104 valence electrons. The van der Waals surface area contributed by atoms with Crippen molar-refractivity contribution in [3.63, 3.8) is 0 Å². The van der Waals surface area contributed by atoms with Crippen LogP contribution in [0.2, 0.25) is 0 Å². The minimum absolute atomic E-state index is 0.528. The molecule has 0 radical (unpaired) electrons. The molecule has 1 unspecified atom stereocenters. The van der Waals surface area contributed by atoms with Gasteiger partial charge in [-0.15, -0.1) is 0 Å². The number of aromatic nitrogens is 1. The van der Waals surface area contributed by atoms with E-state index in [1.165, 1.54) is 13.3 Å². The van der Waals surface area contributed by atoms with Gasteiger partial charge in [-0.2, -0.15) is 0 Å². The van der Waals surface area contributed by atoms with E-state index in [1.807, 2.05) is 0 Å². The number of methoxy groups -OCH3 is 1. The van der Waals surface area contributed by atoms with E-state index in [1.54, 1.807) is 39.1 Å². The number of hydrogen-bond acceptors (Lipinski definition) is 5. The van der Waals surface area contributed by atoms with Crippen molar-refractivity contribution in [1.29, 1.82) is 0 Å². The third kappa shape index (κ3) is 4.95. The number of carbonyl (C=O) groups excluding carboxylic acids is 2. The number of alkyl carbamates (subject to hydrolysis) is 1. The van der Waals surface area contributed by atoms with Crippen LogP contribution in [0.15, 0.2) is 24.5 Å². The molecule has 1 aromatic rings. The van der Waals surface area contributed by atoms with E-state index in [9.17, 15) is 9.59 Å². The van der Waals surface area contributed by atoms with Gasteiger partial charge < -0.3 is 14.8 Å². The summed E-state index contributed by atoms with van der Waals surface area (Å²) in [5.74, 6) is -0.584. The summed E-state index contributed by atoms with van der Waals surface area (Å²) in [6, 6.07) is 2.40. The Hall–Kier alpha value is -2.11. The average Bonchev–Trinajstić information content (AvgIpc) is 2.34. The van der Waals surface area contributed by atoms with E-state index in [2.05, 4.69) is 15.0 Å². The van der Waals surface area contributed by atoms with Crippen molar-refractivity contribution in [2.75, 3.05) is 7.11 Å². The normalized spacial score (nSPS) is 12.4. The lowest BCUT2D eigenvalue weighted by Gasteiger charge is -2.22. The Morgan fingerprint density at radius 1 is 1.37 bits per heavy atom. The lowest BCUT2D eigenvalue weighted by atomic mass is 10.1. The fourth-order valence-electron chi connectivity index (χ4n) is 1.37. The quantitative estimate of drug-likeness (QED) is 0.844. The van der Waals surface area contributed by atoms with Crippen molar-refractivity contribution in [2.45, 2.75) is 32.4 Å². The lowest BCUT2D eigenvalue weighted by molar-refractivity contribution is -0.143. The predicted octanol–water partition coefficient (Wildman–Crippen LogP) is 1.82. The van der Waals surface area contributed by atoms with Gasteiger partial charge in [-0.05, 0) is 26.8 Å². The Bertz CT molecular complexity index is 440. The van der Waals surface area contributed by atoms with Gasteiger partial charge in [0.05, 0.1) is 7.11 Å². The molecular weight excluding hydrogens is 248 g/mol. The summed E-state index contributed by atoms with van der Waals surface area (Å²) in [5.41, 5.74) is -0.111. The summed E-state index contributed by atoms with van der Waals surface area (Å²) in [7, 11) is 1.25. The minimum atomic E-state index is -0.937. The highest BCUT2D eigenvalue weighted by molar-refractivity contribution is 5.82. The van der Waals surface area contributed by atoms with Crippen molar-refractivity contribution in [1.82, 2.24) is 10.3 Å². The number of rotatable bonds is 3. The van der Waals surface area contributed by atoms with E-state index in [4.69, 9.17) is 4.74 Å². The first-order chi connectivity index (χ1) is 8.83. The second kappa shape index (κ2) is 6.17. The van der Waals surface area contributed by atoms with Crippen LogP contribution in [0, 0.1) is 0 Å². The molecule has 1 rings (SSSR count). The summed E-state index contributed by atoms with van der Waals surface area (Å²) in [6.45, 7) is 5.22. The third-order valence-corrected chi connectivity index (χ3v) is 2.12. The highest BCUT2D eigenvalue weighted by Crippen LogP contribution is 2.15. The van der Waals surface area contributed by atoms with Crippen molar-refractivity contribution in [2.24, 2.45) is 0 Å². The zero-order valence-corrected chi connectivity index (χ0v) is 11.5. The molecule has 0 spiro atoms. The van der Waals surface area contributed by atoms with Crippen LogP contribution in [0.1, 0.15) is 32.4 Å². The number of hydrogen-bond donors (Lipinski definition) is 1. The first-order valence-corrected chi connectivity index (χ1v) is 5.81. The van der Waals surface area contributed by atoms with Crippen molar-refractivity contribution in [3.05, 3.63) is 30.1 Å². The summed E-state index contributed by atoms with van der Waals surface area (Å²) < 4.78 is 9.77. The third-order valence-electron chi connectivity index (χ3n) is 2.12. The molecule has 0 bridgehead atoms. The molecule has 6 nitrogen and oxygen atoms in total. The first-order valence-electron chi connectivity index (χ1n) is 5.81. The molecule has 6 heteroatoms. The predicted molar refractivity (Wildman–Crippen MR) is 68.4 cm³/mol. The van der Waals surface area contributed by atoms with E-state index in [-0.39, 0.29) is 0 Å². The maximum Gasteiger partial charge on any atom is 0.408 e. The summed E-state index contributed by atoms with van der Waals surface area (Å²) in [5, 5.41) is 2.46. The number of nitrogens with zero attached hydrogens (tertiary/aromatic N) is 1. The summed E-state index contributed by atoms with van der Waals surface area (Å²) in [4.78, 5) is 27.3. The molecule has 0 aliphatic carbocycles. The van der Waals surface area contributed by atoms with Gasteiger partial charge in [0.2, 0.25) is 0 Å². The lowest BCUT2D eigenvalue weighted by Crippen LogP contribution is -2.38. The molecule has 1 atom stereocenters. The van der Waals surface area contributed by atoms with E-state index in [0.717, 1.165) is 0 Å². The Morgan fingerprint density at radius 2 is 2.05 bits per heavy atom. The summed E-state index contributed by atoms with van der Waals surface area (Å²) >= 11 is 0. The van der Waals surface area contributed by atoms with Crippen LogP contribution in [0.3, 0.4) is 0 Å². The average molecular weight is 266 g/mol. The maximum absolute atomic E-state index is 11.7. The Balaban J connectivity index is 2.83. The molecule has 1 amide bonds. The molecule has 1 N–H and O–H groups in total. The summed E-state index contributed by atoms with van der Waals surface area (Å²) in [6.07, 6.45) is 2.37. The monoisotopic (exact) mass is 266 g/mol. The first kappa shape index (κ1) is 14.9. The minimum Gasteiger partial charge on any atom is -0.467 e.